The van der Waals surface area contributed by atoms with Gasteiger partial charge in [0.2, 0.25) is 0 Å². The Kier molecular flexibility index (Phi) is 8.10. The number of hydrogen-bond acceptors (Lipinski definition) is 7. The summed E-state index contributed by atoms with van der Waals surface area (Å²) in [4.78, 5) is 13.6. The first-order chi connectivity index (χ1) is 19.9. The van der Waals surface area contributed by atoms with E-state index in [1.807, 2.05) is 18.2 Å². The summed E-state index contributed by atoms with van der Waals surface area (Å²) in [5, 5.41) is 16.5. The molecule has 3 aromatic rings. The number of amides is 1. The Morgan fingerprint density at radius 1 is 1.07 bits per heavy atom. The number of sulfone groups is 1. The average molecular weight is 596 g/mol. The third kappa shape index (κ3) is 6.82. The van der Waals surface area contributed by atoms with E-state index >= 15 is 0 Å². The molecule has 1 saturated carbocycles. The number of nitrogens with one attached hydrogen (secondary N) is 3. The van der Waals surface area contributed by atoms with Crippen molar-refractivity contribution >= 4 is 27.1 Å². The van der Waals surface area contributed by atoms with E-state index in [9.17, 15) is 31.6 Å². The zero-order valence-electron chi connectivity index (χ0n) is 22.5. The molecule has 0 spiro atoms. The molecule has 5 rings (SSSR count). The number of carbonyl (C=O) groups excluding carboxylic acids is 1. The summed E-state index contributed by atoms with van der Waals surface area (Å²) >= 11 is 0. The normalized spacial score (nSPS) is 17.8. The van der Waals surface area contributed by atoms with Crippen molar-refractivity contribution in [3.05, 3.63) is 101 Å². The van der Waals surface area contributed by atoms with Crippen LogP contribution in [0.3, 0.4) is 0 Å². The fourth-order valence-electron chi connectivity index (χ4n) is 4.70. The lowest BCUT2D eigenvalue weighted by Gasteiger charge is -2.24. The van der Waals surface area contributed by atoms with Crippen LogP contribution < -0.4 is 21.1 Å². The van der Waals surface area contributed by atoms with Gasteiger partial charge in [-0.25, -0.2) is 13.8 Å². The van der Waals surface area contributed by atoms with Gasteiger partial charge in [-0.15, -0.1) is 0 Å². The van der Waals surface area contributed by atoms with E-state index in [0.29, 0.717) is 11.6 Å². The number of carbonyl (C=O) groups is 1. The van der Waals surface area contributed by atoms with Gasteiger partial charge < -0.3 is 10.6 Å². The first-order valence-electron chi connectivity index (χ1n) is 13.2. The van der Waals surface area contributed by atoms with Crippen molar-refractivity contribution in [3.63, 3.8) is 0 Å². The van der Waals surface area contributed by atoms with Crippen molar-refractivity contribution in [3.8, 4) is 6.07 Å². The molecule has 2 aliphatic rings. The Labute approximate surface area is 241 Å². The zero-order chi connectivity index (χ0) is 30.1. The molecule has 1 aliphatic heterocycles. The number of benzene rings is 3. The Morgan fingerprint density at radius 3 is 2.43 bits per heavy atom. The summed E-state index contributed by atoms with van der Waals surface area (Å²) in [5.74, 6) is -0.252. The van der Waals surface area contributed by atoms with Crippen molar-refractivity contribution in [2.45, 2.75) is 36.0 Å². The summed E-state index contributed by atoms with van der Waals surface area (Å²) in [5.41, 5.74) is 4.26. The largest absolute Gasteiger partial charge is 0.409 e. The number of nitriles is 1. The van der Waals surface area contributed by atoms with E-state index in [-0.39, 0.29) is 21.8 Å². The molecule has 42 heavy (non-hydrogen) atoms. The molecule has 1 fully saturated rings. The number of anilines is 2. The van der Waals surface area contributed by atoms with Gasteiger partial charge in [0.05, 0.1) is 28.3 Å². The molecule has 0 saturated heterocycles. The molecule has 3 N–H and O–H groups in total. The van der Waals surface area contributed by atoms with E-state index in [1.165, 1.54) is 30.3 Å². The monoisotopic (exact) mass is 595 g/mol. The SMILES string of the molecule is CS(=O)(=O)c1cccc(C(NCC2CC2)c2cccc(NC(=O)C3=CC(C(F)(F)F)NN3c3cccc(C#N)c3)c2)c1. The summed E-state index contributed by atoms with van der Waals surface area (Å²) in [6.07, 6.45) is -0.502. The molecule has 1 aliphatic carbocycles. The van der Waals surface area contributed by atoms with Gasteiger partial charge in [0.25, 0.3) is 5.91 Å². The van der Waals surface area contributed by atoms with Crippen molar-refractivity contribution in [2.24, 2.45) is 5.92 Å². The maximum absolute atomic E-state index is 13.6. The molecular weight excluding hydrogens is 567 g/mol. The number of hydrogen-bond donors (Lipinski definition) is 3. The Bertz CT molecular complexity index is 1680. The van der Waals surface area contributed by atoms with Gasteiger partial charge in [0.15, 0.2) is 9.84 Å². The maximum atomic E-state index is 13.6. The van der Waals surface area contributed by atoms with E-state index in [4.69, 9.17) is 0 Å². The summed E-state index contributed by atoms with van der Waals surface area (Å²) in [7, 11) is -3.44. The first kappa shape index (κ1) is 29.3. The number of rotatable bonds is 9. The van der Waals surface area contributed by atoms with Crippen LogP contribution >= 0.6 is 0 Å². The van der Waals surface area contributed by atoms with Gasteiger partial charge in [0.1, 0.15) is 11.7 Å². The van der Waals surface area contributed by atoms with Crippen LogP contribution in [0, 0.1) is 17.2 Å². The van der Waals surface area contributed by atoms with Gasteiger partial charge in [0, 0.05) is 11.9 Å². The molecule has 1 heterocycles. The van der Waals surface area contributed by atoms with Gasteiger partial charge >= 0.3 is 6.18 Å². The third-order valence-corrected chi connectivity index (χ3v) is 8.17. The van der Waals surface area contributed by atoms with Crippen LogP contribution in [0.25, 0.3) is 0 Å². The molecule has 12 heteroatoms. The summed E-state index contributed by atoms with van der Waals surface area (Å²) < 4.78 is 65.3. The maximum Gasteiger partial charge on any atom is 0.409 e. The lowest BCUT2D eigenvalue weighted by atomic mass is 9.98. The minimum Gasteiger partial charge on any atom is -0.321 e. The number of hydrazine groups is 1. The number of alkyl halides is 3. The molecule has 3 aromatic carbocycles. The molecule has 8 nitrogen and oxygen atoms in total. The highest BCUT2D eigenvalue weighted by Gasteiger charge is 2.45. The molecule has 218 valence electrons. The van der Waals surface area contributed by atoms with E-state index in [1.54, 1.807) is 30.3 Å². The minimum atomic E-state index is -4.66. The second-order valence-corrected chi connectivity index (χ2v) is 12.4. The van der Waals surface area contributed by atoms with Crippen LogP contribution in [0.4, 0.5) is 24.5 Å². The topological polar surface area (TPSA) is 114 Å². The van der Waals surface area contributed by atoms with E-state index in [0.717, 1.165) is 47.9 Å². The first-order valence-corrected chi connectivity index (χ1v) is 15.1. The van der Waals surface area contributed by atoms with Gasteiger partial charge in [-0.05, 0) is 85.0 Å². The average Bonchev–Trinajstić information content (AvgIpc) is 3.66. The van der Waals surface area contributed by atoms with Crippen molar-refractivity contribution < 1.29 is 26.4 Å². The van der Waals surface area contributed by atoms with Crippen LogP contribution in [0.15, 0.2) is 89.5 Å². The summed E-state index contributed by atoms with van der Waals surface area (Å²) in [6, 6.07) is 18.9. The van der Waals surface area contributed by atoms with Crippen molar-refractivity contribution in [1.82, 2.24) is 10.7 Å². The molecular formula is C30H28F3N5O3S. The summed E-state index contributed by atoms with van der Waals surface area (Å²) in [6.45, 7) is 0.721. The molecule has 1 amide bonds. The molecule has 0 radical (unpaired) electrons. The van der Waals surface area contributed by atoms with E-state index < -0.39 is 34.0 Å². The standard InChI is InChI=1S/C30H28F3N5O3S/c1-42(40,41)25-10-4-7-22(15-25)28(35-18-19-11-12-19)21-6-3-8-23(14-21)36-29(39)26-16-27(30(31,32)33)37-38(26)24-9-2-5-20(13-24)17-34/h2-10,13-16,19,27-28,35,37H,11-12,18H2,1H3,(H,36,39). The van der Waals surface area contributed by atoms with Crippen LogP contribution in [0.2, 0.25) is 0 Å². The van der Waals surface area contributed by atoms with Gasteiger partial charge in [-0.3, -0.25) is 9.80 Å². The predicted molar refractivity (Wildman–Crippen MR) is 152 cm³/mol. The smallest absolute Gasteiger partial charge is 0.321 e. The van der Waals surface area contributed by atoms with Crippen molar-refractivity contribution in [2.75, 3.05) is 23.1 Å². The van der Waals surface area contributed by atoms with E-state index in [2.05, 4.69) is 16.1 Å². The fraction of sp³-hybridized carbons (Fsp3) is 0.267. The highest BCUT2D eigenvalue weighted by Crippen LogP contribution is 2.33. The Hall–Kier alpha value is -4.18. The Balaban J connectivity index is 1.44. The minimum absolute atomic E-state index is 0.183. The number of halogens is 3. The second kappa shape index (κ2) is 11.6. The molecule has 2 unspecified atom stereocenters. The predicted octanol–water partition coefficient (Wildman–Crippen LogP) is 4.83. The molecule has 2 atom stereocenters. The highest BCUT2D eigenvalue weighted by molar-refractivity contribution is 7.90. The second-order valence-electron chi connectivity index (χ2n) is 10.4. The molecule has 0 aromatic heterocycles. The Morgan fingerprint density at radius 2 is 1.76 bits per heavy atom. The lowest BCUT2D eigenvalue weighted by molar-refractivity contribution is -0.142. The van der Waals surface area contributed by atoms with Crippen LogP contribution in [0.5, 0.6) is 0 Å². The van der Waals surface area contributed by atoms with Gasteiger partial charge in [-0.1, -0.05) is 30.3 Å². The fourth-order valence-corrected chi connectivity index (χ4v) is 5.38. The van der Waals surface area contributed by atoms with Gasteiger partial charge in [-0.2, -0.15) is 18.4 Å². The highest BCUT2D eigenvalue weighted by atomic mass is 32.2. The molecule has 0 bridgehead atoms. The van der Waals surface area contributed by atoms with Crippen molar-refractivity contribution in [1.29, 1.82) is 5.26 Å². The van der Waals surface area contributed by atoms with Crippen LogP contribution in [-0.2, 0) is 14.6 Å². The van der Waals surface area contributed by atoms with Crippen LogP contribution in [-0.4, -0.2) is 39.3 Å². The lowest BCUT2D eigenvalue weighted by Crippen LogP contribution is -2.45. The third-order valence-electron chi connectivity index (χ3n) is 7.06. The zero-order valence-corrected chi connectivity index (χ0v) is 23.3. The quantitative estimate of drug-likeness (QED) is 0.325. The van der Waals surface area contributed by atoms with Crippen LogP contribution in [0.1, 0.15) is 35.6 Å². The number of nitrogens with zero attached hydrogens (tertiary/aromatic N) is 2.